The standard InChI is InChI=1S/C17H15Cl2N3O3/c1-24-17-10-22-15(6-16(17)25-4-2-3-23)11(7-20)5-12-13(18)8-21-9-14(12)19/h5-6,8-10,23H,2-4H2,1H3/b11-5+. The topological polar surface area (TPSA) is 88.3 Å². The Bertz CT molecular complexity index is 799. The summed E-state index contributed by atoms with van der Waals surface area (Å²) in [7, 11) is 1.49. The van der Waals surface area contributed by atoms with E-state index in [1.807, 2.05) is 0 Å². The van der Waals surface area contributed by atoms with E-state index >= 15 is 0 Å². The number of hydrogen-bond donors (Lipinski definition) is 1. The van der Waals surface area contributed by atoms with Gasteiger partial charge in [-0.1, -0.05) is 23.2 Å². The molecule has 0 atom stereocenters. The molecule has 0 fully saturated rings. The predicted octanol–water partition coefficient (Wildman–Crippen LogP) is 3.62. The van der Waals surface area contributed by atoms with Gasteiger partial charge >= 0.3 is 0 Å². The largest absolute Gasteiger partial charge is 0.491 e. The zero-order valence-electron chi connectivity index (χ0n) is 13.4. The summed E-state index contributed by atoms with van der Waals surface area (Å²) in [5.74, 6) is 0.855. The number of allylic oxidation sites excluding steroid dienone is 1. The number of rotatable bonds is 7. The molecule has 1 N–H and O–H groups in total. The summed E-state index contributed by atoms with van der Waals surface area (Å²) < 4.78 is 10.8. The maximum Gasteiger partial charge on any atom is 0.179 e. The van der Waals surface area contributed by atoms with Crippen LogP contribution in [0.5, 0.6) is 11.5 Å². The van der Waals surface area contributed by atoms with Crippen molar-refractivity contribution in [2.45, 2.75) is 6.42 Å². The Morgan fingerprint density at radius 2 is 2.00 bits per heavy atom. The molecule has 0 radical (unpaired) electrons. The summed E-state index contributed by atoms with van der Waals surface area (Å²) in [4.78, 5) is 8.10. The molecule has 0 aromatic carbocycles. The third-order valence-corrected chi connectivity index (χ3v) is 3.79. The number of aliphatic hydroxyl groups is 1. The first-order chi connectivity index (χ1) is 12.1. The van der Waals surface area contributed by atoms with Gasteiger partial charge in [0.15, 0.2) is 11.5 Å². The minimum absolute atomic E-state index is 0.0165. The average molecular weight is 380 g/mol. The van der Waals surface area contributed by atoms with Crippen molar-refractivity contribution in [1.82, 2.24) is 9.97 Å². The van der Waals surface area contributed by atoms with Crippen LogP contribution in [-0.4, -0.2) is 35.4 Å². The van der Waals surface area contributed by atoms with Gasteiger partial charge in [0.2, 0.25) is 0 Å². The van der Waals surface area contributed by atoms with Crippen LogP contribution in [0.25, 0.3) is 11.6 Å². The van der Waals surface area contributed by atoms with Crippen molar-refractivity contribution >= 4 is 34.9 Å². The normalized spacial score (nSPS) is 11.1. The van der Waals surface area contributed by atoms with Crippen molar-refractivity contribution in [1.29, 1.82) is 5.26 Å². The number of aliphatic hydroxyl groups excluding tert-OH is 1. The third-order valence-electron chi connectivity index (χ3n) is 3.19. The second kappa shape index (κ2) is 9.23. The van der Waals surface area contributed by atoms with E-state index < -0.39 is 0 Å². The smallest absolute Gasteiger partial charge is 0.179 e. The van der Waals surface area contributed by atoms with E-state index in [0.717, 1.165) is 0 Å². The number of nitrogens with zero attached hydrogens (tertiary/aromatic N) is 3. The SMILES string of the molecule is COc1cnc(/C(C#N)=C/c2c(Cl)cncc2Cl)cc1OCCCO. The number of hydrogen-bond acceptors (Lipinski definition) is 6. The molecule has 0 aliphatic carbocycles. The van der Waals surface area contributed by atoms with Gasteiger partial charge in [-0.3, -0.25) is 9.97 Å². The average Bonchev–Trinajstić information content (AvgIpc) is 2.62. The van der Waals surface area contributed by atoms with E-state index in [9.17, 15) is 5.26 Å². The molecule has 0 saturated heterocycles. The van der Waals surface area contributed by atoms with Crippen molar-refractivity contribution in [3.05, 3.63) is 46.0 Å². The van der Waals surface area contributed by atoms with Crippen LogP contribution in [0, 0.1) is 11.3 Å². The first-order valence-corrected chi connectivity index (χ1v) is 8.05. The lowest BCUT2D eigenvalue weighted by Gasteiger charge is -2.11. The van der Waals surface area contributed by atoms with Gasteiger partial charge in [-0.05, 0) is 6.08 Å². The molecule has 8 heteroatoms. The molecule has 2 rings (SSSR count). The monoisotopic (exact) mass is 379 g/mol. The summed E-state index contributed by atoms with van der Waals surface area (Å²) >= 11 is 12.2. The van der Waals surface area contributed by atoms with Crippen molar-refractivity contribution < 1.29 is 14.6 Å². The Labute approximate surface area is 155 Å². The van der Waals surface area contributed by atoms with Crippen LogP contribution in [0.2, 0.25) is 10.0 Å². The number of pyridine rings is 2. The van der Waals surface area contributed by atoms with E-state index in [0.29, 0.717) is 45.8 Å². The zero-order chi connectivity index (χ0) is 18.2. The third kappa shape index (κ3) is 4.83. The highest BCUT2D eigenvalue weighted by molar-refractivity contribution is 6.37. The van der Waals surface area contributed by atoms with Gasteiger partial charge in [0, 0.05) is 37.1 Å². The molecule has 0 aliphatic heterocycles. The maximum absolute atomic E-state index is 9.49. The van der Waals surface area contributed by atoms with Gasteiger partial charge < -0.3 is 14.6 Å². The van der Waals surface area contributed by atoms with Crippen LogP contribution in [0.1, 0.15) is 17.7 Å². The molecule has 130 valence electrons. The Hall–Kier alpha value is -2.33. The molecule has 2 aromatic heterocycles. The van der Waals surface area contributed by atoms with Crippen LogP contribution in [0.4, 0.5) is 0 Å². The van der Waals surface area contributed by atoms with E-state index in [1.54, 1.807) is 12.1 Å². The molecule has 0 bridgehead atoms. The van der Waals surface area contributed by atoms with Crippen LogP contribution in [0.15, 0.2) is 24.7 Å². The van der Waals surface area contributed by atoms with Crippen molar-refractivity contribution in [2.24, 2.45) is 0 Å². The van der Waals surface area contributed by atoms with Gasteiger partial charge in [-0.2, -0.15) is 5.26 Å². The summed E-state index contributed by atoms with van der Waals surface area (Å²) in [6.07, 6.45) is 6.37. The van der Waals surface area contributed by atoms with E-state index in [2.05, 4.69) is 16.0 Å². The van der Waals surface area contributed by atoms with Crippen molar-refractivity contribution in [2.75, 3.05) is 20.3 Å². The van der Waals surface area contributed by atoms with Crippen LogP contribution < -0.4 is 9.47 Å². The van der Waals surface area contributed by atoms with Crippen LogP contribution in [0.3, 0.4) is 0 Å². The quantitative estimate of drug-likeness (QED) is 0.583. The summed E-state index contributed by atoms with van der Waals surface area (Å²) in [5, 5.41) is 19.0. The molecule has 25 heavy (non-hydrogen) atoms. The lowest BCUT2D eigenvalue weighted by atomic mass is 10.1. The zero-order valence-corrected chi connectivity index (χ0v) is 14.9. The molecule has 0 amide bonds. The van der Waals surface area contributed by atoms with E-state index in [1.165, 1.54) is 25.7 Å². The van der Waals surface area contributed by atoms with E-state index in [-0.39, 0.29) is 12.2 Å². The van der Waals surface area contributed by atoms with E-state index in [4.69, 9.17) is 37.8 Å². The number of nitriles is 1. The summed E-state index contributed by atoms with van der Waals surface area (Å²) in [6.45, 7) is 0.326. The molecule has 0 unspecified atom stereocenters. The molecule has 6 nitrogen and oxygen atoms in total. The van der Waals surface area contributed by atoms with Crippen molar-refractivity contribution in [3.63, 3.8) is 0 Å². The molecule has 0 spiro atoms. The number of aromatic nitrogens is 2. The summed E-state index contributed by atoms with van der Waals surface area (Å²) in [5.41, 5.74) is 1.12. The van der Waals surface area contributed by atoms with Crippen LogP contribution >= 0.6 is 23.2 Å². The number of methoxy groups -OCH3 is 1. The second-order valence-electron chi connectivity index (χ2n) is 4.83. The van der Waals surface area contributed by atoms with Gasteiger partial charge in [0.1, 0.15) is 6.07 Å². The Morgan fingerprint density at radius 1 is 1.28 bits per heavy atom. The predicted molar refractivity (Wildman–Crippen MR) is 95.7 cm³/mol. The van der Waals surface area contributed by atoms with Gasteiger partial charge in [0.05, 0.1) is 41.2 Å². The highest BCUT2D eigenvalue weighted by atomic mass is 35.5. The number of ether oxygens (including phenoxy) is 2. The first-order valence-electron chi connectivity index (χ1n) is 7.29. The van der Waals surface area contributed by atoms with Crippen molar-refractivity contribution in [3.8, 4) is 17.6 Å². The number of halogens is 2. The highest BCUT2D eigenvalue weighted by Crippen LogP contribution is 2.31. The molecular weight excluding hydrogens is 365 g/mol. The van der Waals surface area contributed by atoms with Gasteiger partial charge in [-0.15, -0.1) is 0 Å². The molecular formula is C17H15Cl2N3O3. The lowest BCUT2D eigenvalue weighted by Crippen LogP contribution is -2.02. The first kappa shape index (κ1) is 19.0. The molecule has 0 aliphatic rings. The highest BCUT2D eigenvalue weighted by Gasteiger charge is 2.12. The fourth-order valence-electron chi connectivity index (χ4n) is 1.95. The Morgan fingerprint density at radius 3 is 2.60 bits per heavy atom. The van der Waals surface area contributed by atoms with Gasteiger partial charge in [-0.25, -0.2) is 0 Å². The molecule has 2 aromatic rings. The second-order valence-corrected chi connectivity index (χ2v) is 5.65. The minimum atomic E-state index is 0.0165. The van der Waals surface area contributed by atoms with Gasteiger partial charge in [0.25, 0.3) is 0 Å². The Balaban J connectivity index is 2.42. The van der Waals surface area contributed by atoms with Crippen LogP contribution in [-0.2, 0) is 0 Å². The fourth-order valence-corrected chi connectivity index (χ4v) is 2.43. The Kier molecular flexibility index (Phi) is 7.02. The fraction of sp³-hybridized carbons (Fsp3) is 0.235. The minimum Gasteiger partial charge on any atom is -0.491 e. The molecule has 2 heterocycles. The molecule has 0 saturated carbocycles. The maximum atomic E-state index is 9.49. The lowest BCUT2D eigenvalue weighted by molar-refractivity contribution is 0.228. The summed E-state index contributed by atoms with van der Waals surface area (Å²) in [6, 6.07) is 3.67.